The first kappa shape index (κ1) is 10.2. The number of aromatic carboxylic acids is 1. The first-order valence-corrected chi connectivity index (χ1v) is 3.66. The lowest BCUT2D eigenvalue weighted by Crippen LogP contribution is -2.03. The van der Waals surface area contributed by atoms with Crippen LogP contribution in [0.1, 0.15) is 20.7 Å². The van der Waals surface area contributed by atoms with E-state index in [1.165, 1.54) is 7.11 Å². The van der Waals surface area contributed by atoms with Crippen molar-refractivity contribution in [3.05, 3.63) is 29.1 Å². The highest BCUT2D eigenvalue weighted by Gasteiger charge is 2.15. The number of carboxylic acid groups (broad SMARTS) is 1. The Labute approximate surface area is 78.9 Å². The normalized spacial score (nSPS) is 9.57. The highest BCUT2D eigenvalue weighted by Crippen LogP contribution is 2.21. The molecule has 74 valence electrons. The Morgan fingerprint density at radius 3 is 2.64 bits per heavy atom. The molecule has 1 rings (SSSR count). The maximum atomic E-state index is 13.0. The predicted molar refractivity (Wildman–Crippen MR) is 45.3 cm³/mol. The van der Waals surface area contributed by atoms with Gasteiger partial charge in [0.05, 0.1) is 12.7 Å². The molecule has 0 atom stereocenters. The van der Waals surface area contributed by atoms with Crippen molar-refractivity contribution in [2.75, 3.05) is 7.11 Å². The molecule has 0 bridgehead atoms. The van der Waals surface area contributed by atoms with Crippen LogP contribution in [-0.2, 0) is 0 Å². The minimum absolute atomic E-state index is 0.111. The number of hydrogen-bond donors (Lipinski definition) is 1. The van der Waals surface area contributed by atoms with Gasteiger partial charge in [0.1, 0.15) is 17.1 Å². The molecule has 0 amide bonds. The Morgan fingerprint density at radius 2 is 2.21 bits per heavy atom. The fourth-order valence-electron chi connectivity index (χ4n) is 0.998. The van der Waals surface area contributed by atoms with Gasteiger partial charge in [0, 0.05) is 6.07 Å². The summed E-state index contributed by atoms with van der Waals surface area (Å²) in [5.74, 6) is -2.19. The zero-order valence-corrected chi connectivity index (χ0v) is 7.28. The second-order valence-corrected chi connectivity index (χ2v) is 2.50. The SMILES string of the molecule is COc1cc(F)c(C=O)cc1C(=O)O. The fraction of sp³-hybridized carbons (Fsp3) is 0.111. The van der Waals surface area contributed by atoms with Crippen LogP contribution in [0.15, 0.2) is 12.1 Å². The number of carbonyl (C=O) groups is 2. The Kier molecular flexibility index (Phi) is 2.81. The van der Waals surface area contributed by atoms with Crippen LogP contribution in [0.4, 0.5) is 4.39 Å². The van der Waals surface area contributed by atoms with Crippen molar-refractivity contribution in [2.24, 2.45) is 0 Å². The third-order valence-corrected chi connectivity index (χ3v) is 1.68. The lowest BCUT2D eigenvalue weighted by molar-refractivity contribution is 0.0693. The monoisotopic (exact) mass is 198 g/mol. The minimum Gasteiger partial charge on any atom is -0.496 e. The molecule has 0 saturated heterocycles. The predicted octanol–water partition coefficient (Wildman–Crippen LogP) is 1.35. The fourth-order valence-corrected chi connectivity index (χ4v) is 0.998. The number of carboxylic acids is 1. The van der Waals surface area contributed by atoms with Crippen molar-refractivity contribution < 1.29 is 23.8 Å². The topological polar surface area (TPSA) is 63.6 Å². The summed E-state index contributed by atoms with van der Waals surface area (Å²) in [6.07, 6.45) is 0.251. The second-order valence-electron chi connectivity index (χ2n) is 2.50. The van der Waals surface area contributed by atoms with Crippen molar-refractivity contribution in [3.8, 4) is 5.75 Å². The van der Waals surface area contributed by atoms with Crippen molar-refractivity contribution in [1.29, 1.82) is 0 Å². The van der Waals surface area contributed by atoms with Crippen LogP contribution in [0, 0.1) is 5.82 Å². The van der Waals surface area contributed by atoms with E-state index in [-0.39, 0.29) is 23.2 Å². The molecule has 0 saturated carbocycles. The summed E-state index contributed by atoms with van der Waals surface area (Å²) in [6.45, 7) is 0. The number of hydrogen-bond acceptors (Lipinski definition) is 3. The van der Waals surface area contributed by atoms with E-state index in [1.807, 2.05) is 0 Å². The molecular formula is C9H7FO4. The first-order chi connectivity index (χ1) is 6.60. The Hall–Kier alpha value is -1.91. The molecule has 1 aromatic rings. The smallest absolute Gasteiger partial charge is 0.339 e. The zero-order valence-electron chi connectivity index (χ0n) is 7.28. The molecule has 0 radical (unpaired) electrons. The van der Waals surface area contributed by atoms with E-state index in [1.54, 1.807) is 0 Å². The molecule has 1 N–H and O–H groups in total. The third-order valence-electron chi connectivity index (χ3n) is 1.68. The van der Waals surface area contributed by atoms with Crippen LogP contribution < -0.4 is 4.74 Å². The lowest BCUT2D eigenvalue weighted by Gasteiger charge is -2.05. The van der Waals surface area contributed by atoms with Gasteiger partial charge in [-0.25, -0.2) is 9.18 Å². The number of halogens is 1. The summed E-state index contributed by atoms with van der Waals surface area (Å²) in [4.78, 5) is 21.0. The Morgan fingerprint density at radius 1 is 1.57 bits per heavy atom. The Bertz CT molecular complexity index is 387. The van der Waals surface area contributed by atoms with Gasteiger partial charge in [-0.1, -0.05) is 0 Å². The largest absolute Gasteiger partial charge is 0.496 e. The van der Waals surface area contributed by atoms with Gasteiger partial charge in [0.25, 0.3) is 0 Å². The number of benzene rings is 1. The highest BCUT2D eigenvalue weighted by atomic mass is 19.1. The van der Waals surface area contributed by atoms with E-state index in [0.717, 1.165) is 12.1 Å². The highest BCUT2D eigenvalue weighted by molar-refractivity contribution is 5.93. The van der Waals surface area contributed by atoms with Crippen LogP contribution in [0.3, 0.4) is 0 Å². The van der Waals surface area contributed by atoms with Crippen LogP contribution in [0.25, 0.3) is 0 Å². The molecule has 0 aliphatic carbocycles. The summed E-state index contributed by atoms with van der Waals surface area (Å²) in [5.41, 5.74) is -0.542. The summed E-state index contributed by atoms with van der Waals surface area (Å²) in [5, 5.41) is 8.69. The molecule has 0 heterocycles. The zero-order chi connectivity index (χ0) is 10.7. The molecule has 0 spiro atoms. The van der Waals surface area contributed by atoms with Gasteiger partial charge in [0.15, 0.2) is 6.29 Å². The van der Waals surface area contributed by atoms with E-state index < -0.39 is 11.8 Å². The Balaban J connectivity index is 3.39. The lowest BCUT2D eigenvalue weighted by atomic mass is 10.1. The number of aldehydes is 1. The molecule has 0 unspecified atom stereocenters. The average molecular weight is 198 g/mol. The van der Waals surface area contributed by atoms with E-state index >= 15 is 0 Å². The number of methoxy groups -OCH3 is 1. The van der Waals surface area contributed by atoms with Crippen molar-refractivity contribution >= 4 is 12.3 Å². The summed E-state index contributed by atoms with van der Waals surface area (Å²) in [6, 6.07) is 1.80. The van der Waals surface area contributed by atoms with Gasteiger partial charge >= 0.3 is 5.97 Å². The molecule has 4 nitrogen and oxygen atoms in total. The summed E-state index contributed by atoms with van der Waals surface area (Å²) in [7, 11) is 1.22. The van der Waals surface area contributed by atoms with Crippen molar-refractivity contribution in [3.63, 3.8) is 0 Å². The first-order valence-electron chi connectivity index (χ1n) is 3.66. The number of rotatable bonds is 3. The molecule has 14 heavy (non-hydrogen) atoms. The molecule has 1 aromatic carbocycles. The molecule has 0 fully saturated rings. The number of carbonyl (C=O) groups excluding carboxylic acids is 1. The van der Waals surface area contributed by atoms with Crippen molar-refractivity contribution in [2.45, 2.75) is 0 Å². The van der Waals surface area contributed by atoms with E-state index in [2.05, 4.69) is 4.74 Å². The summed E-state index contributed by atoms with van der Waals surface area (Å²) >= 11 is 0. The van der Waals surface area contributed by atoms with E-state index in [4.69, 9.17) is 5.11 Å². The molecule has 0 aromatic heterocycles. The molecular weight excluding hydrogens is 191 g/mol. The molecule has 0 aliphatic rings. The van der Waals surface area contributed by atoms with Gasteiger partial charge in [0.2, 0.25) is 0 Å². The van der Waals surface area contributed by atoms with Crippen LogP contribution in [-0.4, -0.2) is 24.5 Å². The van der Waals surface area contributed by atoms with Crippen LogP contribution in [0.5, 0.6) is 5.75 Å². The van der Waals surface area contributed by atoms with Crippen molar-refractivity contribution in [1.82, 2.24) is 0 Å². The summed E-state index contributed by atoms with van der Waals surface area (Å²) < 4.78 is 17.6. The van der Waals surface area contributed by atoms with E-state index in [9.17, 15) is 14.0 Å². The standard InChI is InChI=1S/C9H7FO4/c1-14-8-3-7(10)5(4-11)2-6(8)9(12)13/h2-4H,1H3,(H,12,13). The number of ether oxygens (including phenoxy) is 1. The third kappa shape index (κ3) is 1.71. The quantitative estimate of drug-likeness (QED) is 0.744. The molecule has 5 heteroatoms. The van der Waals surface area contributed by atoms with Gasteiger partial charge in [-0.15, -0.1) is 0 Å². The molecule has 0 aliphatic heterocycles. The maximum absolute atomic E-state index is 13.0. The van der Waals surface area contributed by atoms with Gasteiger partial charge in [-0.3, -0.25) is 4.79 Å². The minimum atomic E-state index is -1.27. The van der Waals surface area contributed by atoms with Gasteiger partial charge in [-0.2, -0.15) is 0 Å². The van der Waals surface area contributed by atoms with Gasteiger partial charge in [-0.05, 0) is 6.07 Å². The second kappa shape index (κ2) is 3.87. The van der Waals surface area contributed by atoms with E-state index in [0.29, 0.717) is 0 Å². The maximum Gasteiger partial charge on any atom is 0.339 e. The average Bonchev–Trinajstić information content (AvgIpc) is 2.16. The van der Waals surface area contributed by atoms with Crippen LogP contribution >= 0.6 is 0 Å². The van der Waals surface area contributed by atoms with Gasteiger partial charge < -0.3 is 9.84 Å². The van der Waals surface area contributed by atoms with Crippen LogP contribution in [0.2, 0.25) is 0 Å².